The van der Waals surface area contributed by atoms with Gasteiger partial charge in [-0.25, -0.2) is 4.98 Å². The molecule has 1 aliphatic carbocycles. The molecule has 4 unspecified atom stereocenters. The minimum atomic E-state index is -0.202. The van der Waals surface area contributed by atoms with Crippen LogP contribution in [-0.2, 0) is 6.42 Å². The quantitative estimate of drug-likeness (QED) is 0.895. The zero-order valence-electron chi connectivity index (χ0n) is 11.0. The van der Waals surface area contributed by atoms with Gasteiger partial charge in [-0.05, 0) is 37.5 Å². The summed E-state index contributed by atoms with van der Waals surface area (Å²) in [5, 5.41) is 13.5. The van der Waals surface area contributed by atoms with Crippen molar-refractivity contribution in [3.05, 3.63) is 16.1 Å². The first kappa shape index (κ1) is 13.0. The zero-order valence-corrected chi connectivity index (χ0v) is 11.8. The highest BCUT2D eigenvalue weighted by atomic mass is 32.1. The maximum atomic E-state index is 10.3. The molecule has 2 rings (SSSR count). The number of hydrogen-bond acceptors (Lipinski definition) is 3. The lowest BCUT2D eigenvalue weighted by Gasteiger charge is -2.34. The Morgan fingerprint density at radius 1 is 1.41 bits per heavy atom. The van der Waals surface area contributed by atoms with E-state index < -0.39 is 0 Å². The molecule has 0 saturated heterocycles. The van der Waals surface area contributed by atoms with E-state index in [1.165, 1.54) is 19.3 Å². The van der Waals surface area contributed by atoms with Gasteiger partial charge in [0.25, 0.3) is 0 Å². The van der Waals surface area contributed by atoms with E-state index >= 15 is 0 Å². The van der Waals surface area contributed by atoms with E-state index in [1.807, 2.05) is 6.92 Å². The molecular formula is C14H23NOS. The Morgan fingerprint density at radius 2 is 2.18 bits per heavy atom. The number of rotatable bonds is 3. The van der Waals surface area contributed by atoms with Crippen LogP contribution in [0.4, 0.5) is 0 Å². The predicted octanol–water partition coefficient (Wildman–Crippen LogP) is 3.43. The smallest absolute Gasteiger partial charge is 0.0897 e. The molecule has 96 valence electrons. The van der Waals surface area contributed by atoms with Crippen LogP contribution in [-0.4, -0.2) is 16.2 Å². The first-order valence-electron chi connectivity index (χ1n) is 6.65. The second kappa shape index (κ2) is 5.49. The number of aryl methyl sites for hydroxylation is 1. The maximum Gasteiger partial charge on any atom is 0.0897 e. The Morgan fingerprint density at radius 3 is 2.76 bits per heavy atom. The fraction of sp³-hybridized carbons (Fsp3) is 0.786. The van der Waals surface area contributed by atoms with Gasteiger partial charge in [-0.15, -0.1) is 11.3 Å². The molecule has 1 aliphatic rings. The molecule has 0 radical (unpaired) electrons. The van der Waals surface area contributed by atoms with Crippen molar-refractivity contribution in [3.63, 3.8) is 0 Å². The molecule has 17 heavy (non-hydrogen) atoms. The molecule has 1 aromatic heterocycles. The normalized spacial score (nSPS) is 31.4. The largest absolute Gasteiger partial charge is 0.392 e. The fourth-order valence-electron chi connectivity index (χ4n) is 2.82. The summed E-state index contributed by atoms with van der Waals surface area (Å²) < 4.78 is 0. The van der Waals surface area contributed by atoms with Gasteiger partial charge in [-0.2, -0.15) is 0 Å². The van der Waals surface area contributed by atoms with Crippen LogP contribution >= 0.6 is 11.3 Å². The Bertz CT molecular complexity index is 363. The van der Waals surface area contributed by atoms with Gasteiger partial charge in [0.1, 0.15) is 0 Å². The number of hydrogen-bond donors (Lipinski definition) is 1. The van der Waals surface area contributed by atoms with Gasteiger partial charge < -0.3 is 5.11 Å². The number of aliphatic hydroxyl groups excluding tert-OH is 1. The van der Waals surface area contributed by atoms with Crippen molar-refractivity contribution in [2.75, 3.05) is 0 Å². The monoisotopic (exact) mass is 253 g/mol. The summed E-state index contributed by atoms with van der Waals surface area (Å²) in [5.41, 5.74) is 1.06. The molecule has 0 aliphatic heterocycles. The number of aliphatic hydroxyl groups is 1. The van der Waals surface area contributed by atoms with E-state index in [0.29, 0.717) is 5.92 Å². The Kier molecular flexibility index (Phi) is 4.21. The molecule has 0 amide bonds. The molecule has 0 spiro atoms. The SMILES string of the molecule is Cc1nc(CC(O)C2CCC(C)C(C)C2)cs1. The van der Waals surface area contributed by atoms with Crippen LogP contribution in [0.25, 0.3) is 0 Å². The van der Waals surface area contributed by atoms with Gasteiger partial charge in [0.05, 0.1) is 16.8 Å². The summed E-state index contributed by atoms with van der Waals surface area (Å²) in [7, 11) is 0. The second-order valence-electron chi connectivity index (χ2n) is 5.66. The standard InChI is InChI=1S/C14H23NOS/c1-9-4-5-12(6-10(9)2)14(16)7-13-8-17-11(3)15-13/h8-10,12,14,16H,4-7H2,1-3H3. The highest BCUT2D eigenvalue weighted by molar-refractivity contribution is 7.09. The Balaban J connectivity index is 1.90. The molecular weight excluding hydrogens is 230 g/mol. The van der Waals surface area contributed by atoms with Gasteiger partial charge >= 0.3 is 0 Å². The third-order valence-corrected chi connectivity index (χ3v) is 5.09. The summed E-state index contributed by atoms with van der Waals surface area (Å²) in [6.45, 7) is 6.67. The van der Waals surface area contributed by atoms with Crippen LogP contribution in [0.2, 0.25) is 0 Å². The third kappa shape index (κ3) is 3.29. The van der Waals surface area contributed by atoms with Gasteiger partial charge in [-0.1, -0.05) is 20.3 Å². The van der Waals surface area contributed by atoms with Crippen molar-refractivity contribution >= 4 is 11.3 Å². The molecule has 1 N–H and O–H groups in total. The van der Waals surface area contributed by atoms with E-state index in [2.05, 4.69) is 24.2 Å². The Labute approximate surface area is 108 Å². The Hall–Kier alpha value is -0.410. The summed E-state index contributed by atoms with van der Waals surface area (Å²) in [4.78, 5) is 4.44. The summed E-state index contributed by atoms with van der Waals surface area (Å²) >= 11 is 1.67. The zero-order chi connectivity index (χ0) is 12.4. The van der Waals surface area contributed by atoms with Crippen molar-refractivity contribution in [1.82, 2.24) is 4.98 Å². The molecule has 4 atom stereocenters. The van der Waals surface area contributed by atoms with Crippen molar-refractivity contribution in [2.45, 2.75) is 52.6 Å². The van der Waals surface area contributed by atoms with E-state index in [1.54, 1.807) is 11.3 Å². The minimum Gasteiger partial charge on any atom is -0.392 e. The van der Waals surface area contributed by atoms with Crippen molar-refractivity contribution in [3.8, 4) is 0 Å². The maximum absolute atomic E-state index is 10.3. The van der Waals surface area contributed by atoms with Gasteiger partial charge in [0.15, 0.2) is 0 Å². The third-order valence-electron chi connectivity index (χ3n) is 4.27. The van der Waals surface area contributed by atoms with E-state index in [4.69, 9.17) is 0 Å². The van der Waals surface area contributed by atoms with Crippen LogP contribution in [0, 0.1) is 24.7 Å². The second-order valence-corrected chi connectivity index (χ2v) is 6.72. The summed E-state index contributed by atoms with van der Waals surface area (Å²) in [6.07, 6.45) is 4.14. The molecule has 1 saturated carbocycles. The number of aromatic nitrogens is 1. The average molecular weight is 253 g/mol. The lowest BCUT2D eigenvalue weighted by atomic mass is 9.73. The van der Waals surface area contributed by atoms with Gasteiger partial charge in [0, 0.05) is 11.8 Å². The van der Waals surface area contributed by atoms with E-state index in [9.17, 15) is 5.11 Å². The van der Waals surface area contributed by atoms with E-state index in [0.717, 1.165) is 29.0 Å². The molecule has 2 nitrogen and oxygen atoms in total. The lowest BCUT2D eigenvalue weighted by molar-refractivity contribution is 0.0565. The first-order chi connectivity index (χ1) is 8.06. The van der Waals surface area contributed by atoms with Gasteiger partial charge in [-0.3, -0.25) is 0 Å². The summed E-state index contributed by atoms with van der Waals surface area (Å²) in [6, 6.07) is 0. The van der Waals surface area contributed by atoms with Crippen molar-refractivity contribution < 1.29 is 5.11 Å². The van der Waals surface area contributed by atoms with Crippen LogP contribution < -0.4 is 0 Å². The van der Waals surface area contributed by atoms with Crippen LogP contribution in [0.3, 0.4) is 0 Å². The highest BCUT2D eigenvalue weighted by Crippen LogP contribution is 2.35. The molecule has 1 fully saturated rings. The lowest BCUT2D eigenvalue weighted by Crippen LogP contribution is -2.30. The van der Waals surface area contributed by atoms with Crippen molar-refractivity contribution in [2.24, 2.45) is 17.8 Å². The highest BCUT2D eigenvalue weighted by Gasteiger charge is 2.29. The van der Waals surface area contributed by atoms with Crippen LogP contribution in [0.15, 0.2) is 5.38 Å². The summed E-state index contributed by atoms with van der Waals surface area (Å²) in [5.74, 6) is 2.05. The first-order valence-corrected chi connectivity index (χ1v) is 7.53. The van der Waals surface area contributed by atoms with Gasteiger partial charge in [0.2, 0.25) is 0 Å². The number of nitrogens with zero attached hydrogens (tertiary/aromatic N) is 1. The van der Waals surface area contributed by atoms with Crippen LogP contribution in [0.5, 0.6) is 0 Å². The average Bonchev–Trinajstić information content (AvgIpc) is 2.68. The molecule has 0 bridgehead atoms. The predicted molar refractivity (Wildman–Crippen MR) is 72.2 cm³/mol. The molecule has 0 aromatic carbocycles. The molecule has 1 aromatic rings. The van der Waals surface area contributed by atoms with Crippen LogP contribution in [0.1, 0.15) is 43.8 Å². The molecule has 3 heteroatoms. The molecule has 1 heterocycles. The fourth-order valence-corrected chi connectivity index (χ4v) is 3.45. The van der Waals surface area contributed by atoms with Crippen molar-refractivity contribution in [1.29, 1.82) is 0 Å². The van der Waals surface area contributed by atoms with E-state index in [-0.39, 0.29) is 6.10 Å². The topological polar surface area (TPSA) is 33.1 Å². The number of thiazole rings is 1. The minimum absolute atomic E-state index is 0.202.